The molecule has 0 atom stereocenters. The molecule has 0 fully saturated rings. The topological polar surface area (TPSA) is 0 Å². The summed E-state index contributed by atoms with van der Waals surface area (Å²) in [6, 6.07) is 0. The molecule has 0 aromatic carbocycles. The zero-order valence-corrected chi connectivity index (χ0v) is 5.31. The van der Waals surface area contributed by atoms with Gasteiger partial charge in [0.2, 0.25) is 0 Å². The molecule has 29 valence electrons. The predicted octanol–water partition coefficient (Wildman–Crippen LogP) is 1.57. The van der Waals surface area contributed by atoms with Crippen LogP contribution in [0.2, 0.25) is 10.6 Å². The Labute approximate surface area is 40.3 Å². The first-order valence-corrected chi connectivity index (χ1v) is 3.89. The van der Waals surface area contributed by atoms with Crippen LogP contribution in [0.5, 0.6) is 0 Å². The lowest BCUT2D eigenvalue weighted by Gasteiger charge is -1.87. The van der Waals surface area contributed by atoms with E-state index in [4.69, 9.17) is 0 Å². The van der Waals surface area contributed by atoms with E-state index in [-0.39, 0.29) is 0 Å². The summed E-state index contributed by atoms with van der Waals surface area (Å²) >= 11 is 0.731. The van der Waals surface area contributed by atoms with Crippen molar-refractivity contribution in [3.05, 3.63) is 0 Å². The third-order valence-electron chi connectivity index (χ3n) is 0.667. The minimum atomic E-state index is 0.731. The second kappa shape index (κ2) is 2.75. The van der Waals surface area contributed by atoms with Crippen molar-refractivity contribution in [3.63, 3.8) is 0 Å². The zero-order chi connectivity index (χ0) is 4.28. The molecule has 0 rings (SSSR count). The van der Waals surface area contributed by atoms with Gasteiger partial charge in [0.1, 0.15) is 0 Å². The molecule has 0 amide bonds. The van der Waals surface area contributed by atoms with Crippen LogP contribution in [-0.4, -0.2) is 15.2 Å². The van der Waals surface area contributed by atoms with E-state index in [1.54, 1.807) is 0 Å². The SMILES string of the molecule is [CH3][Al][CH](C)C. The van der Waals surface area contributed by atoms with Gasteiger partial charge in [-0.05, 0) is 0 Å². The van der Waals surface area contributed by atoms with Crippen LogP contribution >= 0.6 is 0 Å². The van der Waals surface area contributed by atoms with Crippen LogP contribution in [0.1, 0.15) is 13.8 Å². The Hall–Kier alpha value is 0.532. The molecule has 0 N–H and O–H groups in total. The van der Waals surface area contributed by atoms with Crippen molar-refractivity contribution < 1.29 is 0 Å². The molecule has 0 bridgehead atoms. The normalized spacial score (nSPS) is 8.80. The van der Waals surface area contributed by atoms with E-state index >= 15 is 0 Å². The van der Waals surface area contributed by atoms with Crippen LogP contribution < -0.4 is 0 Å². The number of rotatable bonds is 1. The maximum Gasteiger partial charge on any atom is 0.199 e. The summed E-state index contributed by atoms with van der Waals surface area (Å²) < 4.78 is 0.968. The average molecular weight is 85.1 g/mol. The van der Waals surface area contributed by atoms with Gasteiger partial charge in [0.25, 0.3) is 0 Å². The molecule has 1 heteroatoms. The van der Waals surface area contributed by atoms with Gasteiger partial charge in [-0.1, -0.05) is 18.6 Å². The number of hydrogen-bond donors (Lipinski definition) is 0. The first-order chi connectivity index (χ1) is 2.27. The molecule has 0 spiro atoms. The summed E-state index contributed by atoms with van der Waals surface area (Å²) in [5.41, 5.74) is 0. The molecule has 0 heterocycles. The van der Waals surface area contributed by atoms with Crippen molar-refractivity contribution in [2.75, 3.05) is 0 Å². The van der Waals surface area contributed by atoms with Crippen molar-refractivity contribution in [1.29, 1.82) is 0 Å². The summed E-state index contributed by atoms with van der Waals surface area (Å²) in [7, 11) is 0. The molecular formula is C4H10Al. The largest absolute Gasteiger partial charge is 0.199 e. The van der Waals surface area contributed by atoms with Crippen LogP contribution in [0.25, 0.3) is 0 Å². The van der Waals surface area contributed by atoms with Crippen molar-refractivity contribution in [2.45, 2.75) is 24.4 Å². The van der Waals surface area contributed by atoms with Crippen LogP contribution in [0, 0.1) is 0 Å². The highest BCUT2D eigenvalue weighted by atomic mass is 27.1. The highest BCUT2D eigenvalue weighted by molar-refractivity contribution is 6.35. The lowest BCUT2D eigenvalue weighted by atomic mass is 10.6. The second-order valence-corrected chi connectivity index (χ2v) is 3.58. The van der Waals surface area contributed by atoms with E-state index in [2.05, 4.69) is 19.6 Å². The summed E-state index contributed by atoms with van der Waals surface area (Å²) in [6.07, 6.45) is 0. The van der Waals surface area contributed by atoms with Crippen molar-refractivity contribution >= 4 is 15.2 Å². The van der Waals surface area contributed by atoms with Crippen LogP contribution in [0.3, 0.4) is 0 Å². The highest BCUT2D eigenvalue weighted by Gasteiger charge is 1.84. The summed E-state index contributed by atoms with van der Waals surface area (Å²) in [5.74, 6) is 2.28. The molecule has 0 aromatic rings. The summed E-state index contributed by atoms with van der Waals surface area (Å²) in [5, 5.41) is 0. The zero-order valence-electron chi connectivity index (χ0n) is 4.15. The smallest absolute Gasteiger partial charge is 0.115 e. The Morgan fingerprint density at radius 2 is 1.60 bits per heavy atom. The van der Waals surface area contributed by atoms with E-state index in [1.807, 2.05) is 0 Å². The average Bonchev–Trinajstić information content (AvgIpc) is 1.38. The highest BCUT2D eigenvalue weighted by Crippen LogP contribution is 1.92. The molecule has 0 saturated heterocycles. The van der Waals surface area contributed by atoms with Crippen molar-refractivity contribution in [3.8, 4) is 0 Å². The molecule has 0 aliphatic rings. The third kappa shape index (κ3) is 4.53. The van der Waals surface area contributed by atoms with E-state index in [1.165, 1.54) is 0 Å². The molecule has 0 aliphatic carbocycles. The molecule has 5 heavy (non-hydrogen) atoms. The maximum absolute atomic E-state index is 2.28. The number of hydrogen-bond acceptors (Lipinski definition) is 0. The quantitative estimate of drug-likeness (QED) is 0.424. The van der Waals surface area contributed by atoms with Gasteiger partial charge in [-0.15, -0.1) is 5.79 Å². The van der Waals surface area contributed by atoms with Gasteiger partial charge < -0.3 is 0 Å². The van der Waals surface area contributed by atoms with Gasteiger partial charge in [0.05, 0.1) is 0 Å². The molecule has 0 saturated carbocycles. The van der Waals surface area contributed by atoms with Gasteiger partial charge in [-0.3, -0.25) is 0 Å². The molecule has 0 nitrogen and oxygen atoms in total. The standard InChI is InChI=1S/C3H7.CH3.Al/c1-3-2;;/h3H,1-2H3;1H3;. The summed E-state index contributed by atoms with van der Waals surface area (Å²) in [6.45, 7) is 4.52. The molecular weight excluding hydrogens is 75.0 g/mol. The van der Waals surface area contributed by atoms with Crippen molar-refractivity contribution in [1.82, 2.24) is 0 Å². The molecule has 0 unspecified atom stereocenters. The predicted molar refractivity (Wildman–Crippen MR) is 26.7 cm³/mol. The van der Waals surface area contributed by atoms with E-state index in [0.29, 0.717) is 0 Å². The fourth-order valence-corrected chi connectivity index (χ4v) is 0. The second-order valence-electron chi connectivity index (χ2n) is 1.58. The Balaban J connectivity index is 2.54. The Morgan fingerprint density at radius 1 is 1.40 bits per heavy atom. The van der Waals surface area contributed by atoms with Crippen LogP contribution in [0.15, 0.2) is 0 Å². The monoisotopic (exact) mass is 85.1 g/mol. The van der Waals surface area contributed by atoms with Crippen molar-refractivity contribution in [2.24, 2.45) is 0 Å². The van der Waals surface area contributed by atoms with Gasteiger partial charge in [-0.2, -0.15) is 0 Å². The Morgan fingerprint density at radius 3 is 1.60 bits per heavy atom. The Kier molecular flexibility index (Phi) is 3.05. The minimum Gasteiger partial charge on any atom is -0.115 e. The molecule has 1 radical (unpaired) electrons. The lowest BCUT2D eigenvalue weighted by Crippen LogP contribution is -1.83. The third-order valence-corrected chi connectivity index (χ3v) is 2.00. The van der Waals surface area contributed by atoms with E-state index in [9.17, 15) is 0 Å². The van der Waals surface area contributed by atoms with Gasteiger partial charge in [0.15, 0.2) is 15.2 Å². The Bertz CT molecular complexity index is 17.6. The van der Waals surface area contributed by atoms with Crippen LogP contribution in [-0.2, 0) is 0 Å². The van der Waals surface area contributed by atoms with Gasteiger partial charge in [0, 0.05) is 0 Å². The first kappa shape index (κ1) is 5.53. The van der Waals surface area contributed by atoms with Crippen LogP contribution in [0.4, 0.5) is 0 Å². The fraction of sp³-hybridized carbons (Fsp3) is 1.00. The minimum absolute atomic E-state index is 0.731. The van der Waals surface area contributed by atoms with Gasteiger partial charge in [-0.25, -0.2) is 0 Å². The maximum atomic E-state index is 2.28. The van der Waals surface area contributed by atoms with Gasteiger partial charge >= 0.3 is 0 Å². The molecule has 0 aromatic heterocycles. The fourth-order valence-electron chi connectivity index (χ4n) is 0. The summed E-state index contributed by atoms with van der Waals surface area (Å²) in [4.78, 5) is 0. The first-order valence-electron chi connectivity index (χ1n) is 2.07. The van der Waals surface area contributed by atoms with E-state index < -0.39 is 0 Å². The lowest BCUT2D eigenvalue weighted by molar-refractivity contribution is 1.06. The molecule has 0 aliphatic heterocycles. The van der Waals surface area contributed by atoms with E-state index in [0.717, 1.165) is 20.0 Å².